The largest absolute Gasteiger partial charge is 0.487 e. The van der Waals surface area contributed by atoms with Crippen LogP contribution in [-0.2, 0) is 26.6 Å². The highest BCUT2D eigenvalue weighted by Gasteiger charge is 2.29. The van der Waals surface area contributed by atoms with E-state index in [1.807, 2.05) is 24.1 Å². The summed E-state index contributed by atoms with van der Waals surface area (Å²) in [4.78, 5) is 0. The van der Waals surface area contributed by atoms with Gasteiger partial charge in [0.1, 0.15) is 11.4 Å². The molecule has 1 aliphatic heterocycles. The number of nitrogens with one attached hydrogen (secondary N) is 1. The van der Waals surface area contributed by atoms with E-state index in [1.165, 1.54) is 16.7 Å². The second-order valence-corrected chi connectivity index (χ2v) is 6.11. The summed E-state index contributed by atoms with van der Waals surface area (Å²) >= 11 is 0. The number of nitrogens with zero attached hydrogens (tertiary/aromatic N) is 2. The maximum absolute atomic E-state index is 5.89. The number of rotatable bonds is 4. The first-order chi connectivity index (χ1) is 9.52. The Labute approximate surface area is 119 Å². The van der Waals surface area contributed by atoms with Crippen molar-refractivity contribution in [2.75, 3.05) is 0 Å². The molecule has 0 radical (unpaired) electrons. The number of benzene rings is 1. The van der Waals surface area contributed by atoms with Crippen LogP contribution < -0.4 is 10.1 Å². The van der Waals surface area contributed by atoms with Crippen LogP contribution in [0.2, 0.25) is 0 Å². The van der Waals surface area contributed by atoms with E-state index in [0.717, 1.165) is 25.3 Å². The number of hydrogen-bond acceptors (Lipinski definition) is 3. The molecule has 3 rings (SSSR count). The zero-order chi connectivity index (χ0) is 14.2. The molecule has 20 heavy (non-hydrogen) atoms. The fourth-order valence-corrected chi connectivity index (χ4v) is 2.69. The lowest BCUT2D eigenvalue weighted by atomic mass is 10.0. The van der Waals surface area contributed by atoms with E-state index in [9.17, 15) is 0 Å². The zero-order valence-electron chi connectivity index (χ0n) is 12.3. The molecule has 0 amide bonds. The van der Waals surface area contributed by atoms with Gasteiger partial charge in [-0.1, -0.05) is 12.1 Å². The second kappa shape index (κ2) is 4.94. The van der Waals surface area contributed by atoms with Gasteiger partial charge in [-0.15, -0.1) is 0 Å². The molecule has 2 heterocycles. The van der Waals surface area contributed by atoms with E-state index in [1.54, 1.807) is 0 Å². The van der Waals surface area contributed by atoms with E-state index < -0.39 is 0 Å². The topological polar surface area (TPSA) is 39.1 Å². The van der Waals surface area contributed by atoms with Crippen LogP contribution in [0.3, 0.4) is 0 Å². The fourth-order valence-electron chi connectivity index (χ4n) is 2.69. The summed E-state index contributed by atoms with van der Waals surface area (Å²) in [6.45, 7) is 5.97. The van der Waals surface area contributed by atoms with Crippen molar-refractivity contribution < 1.29 is 4.74 Å². The predicted molar refractivity (Wildman–Crippen MR) is 78.6 cm³/mol. The molecule has 0 bridgehead atoms. The van der Waals surface area contributed by atoms with Gasteiger partial charge < -0.3 is 10.1 Å². The normalized spacial score (nSPS) is 15.9. The van der Waals surface area contributed by atoms with Gasteiger partial charge in [-0.3, -0.25) is 4.68 Å². The highest BCUT2D eigenvalue weighted by molar-refractivity contribution is 5.41. The third-order valence-corrected chi connectivity index (χ3v) is 3.54. The van der Waals surface area contributed by atoms with Crippen LogP contribution >= 0.6 is 0 Å². The summed E-state index contributed by atoms with van der Waals surface area (Å²) in [5, 5.41) is 7.61. The Morgan fingerprint density at radius 3 is 2.85 bits per heavy atom. The Kier molecular flexibility index (Phi) is 3.26. The van der Waals surface area contributed by atoms with Crippen molar-refractivity contribution in [3.63, 3.8) is 0 Å². The first kappa shape index (κ1) is 13.2. The van der Waals surface area contributed by atoms with Gasteiger partial charge in [-0.05, 0) is 31.0 Å². The van der Waals surface area contributed by atoms with Gasteiger partial charge in [0.2, 0.25) is 0 Å². The Hall–Kier alpha value is -1.81. The van der Waals surface area contributed by atoms with Crippen LogP contribution in [0, 0.1) is 0 Å². The highest BCUT2D eigenvalue weighted by Crippen LogP contribution is 2.35. The molecule has 0 unspecified atom stereocenters. The average molecular weight is 271 g/mol. The standard InChI is InChI=1S/C16H21N3O/c1-16(2)7-14-6-12(4-5-15(14)20-16)8-17-9-13-10-18-19(3)11-13/h4-6,10-11,17H,7-9H2,1-3H3. The summed E-state index contributed by atoms with van der Waals surface area (Å²) in [5.74, 6) is 1.03. The van der Waals surface area contributed by atoms with E-state index in [4.69, 9.17) is 4.74 Å². The van der Waals surface area contributed by atoms with E-state index in [-0.39, 0.29) is 5.60 Å². The molecule has 0 saturated carbocycles. The summed E-state index contributed by atoms with van der Waals surface area (Å²) in [7, 11) is 1.94. The Balaban J connectivity index is 1.59. The van der Waals surface area contributed by atoms with Crippen LogP contribution in [-0.4, -0.2) is 15.4 Å². The molecule has 4 nitrogen and oxygen atoms in total. The third kappa shape index (κ3) is 2.85. The van der Waals surface area contributed by atoms with Gasteiger partial charge in [0.05, 0.1) is 6.20 Å². The lowest BCUT2D eigenvalue weighted by Crippen LogP contribution is -2.24. The van der Waals surface area contributed by atoms with Crippen LogP contribution in [0.1, 0.15) is 30.5 Å². The number of ether oxygens (including phenoxy) is 1. The molecule has 106 valence electrons. The van der Waals surface area contributed by atoms with Crippen molar-refractivity contribution in [2.45, 2.75) is 39.0 Å². The van der Waals surface area contributed by atoms with Crippen molar-refractivity contribution in [3.05, 3.63) is 47.3 Å². The van der Waals surface area contributed by atoms with Gasteiger partial charge in [-0.2, -0.15) is 5.10 Å². The molecule has 1 N–H and O–H groups in total. The third-order valence-electron chi connectivity index (χ3n) is 3.54. The van der Waals surface area contributed by atoms with Gasteiger partial charge in [0.15, 0.2) is 0 Å². The monoisotopic (exact) mass is 271 g/mol. The van der Waals surface area contributed by atoms with Crippen LogP contribution in [0.4, 0.5) is 0 Å². The van der Waals surface area contributed by atoms with Crippen LogP contribution in [0.25, 0.3) is 0 Å². The van der Waals surface area contributed by atoms with Crippen LogP contribution in [0.5, 0.6) is 5.75 Å². The highest BCUT2D eigenvalue weighted by atomic mass is 16.5. The summed E-state index contributed by atoms with van der Waals surface area (Å²) in [6, 6.07) is 6.47. The number of aromatic nitrogens is 2. The second-order valence-electron chi connectivity index (χ2n) is 6.11. The molecular formula is C16H21N3O. The molecular weight excluding hydrogens is 250 g/mol. The lowest BCUT2D eigenvalue weighted by Gasteiger charge is -2.16. The number of fused-ring (bicyclic) bond motifs is 1. The molecule has 1 aliphatic rings. The summed E-state index contributed by atoms with van der Waals surface area (Å²) < 4.78 is 7.72. The lowest BCUT2D eigenvalue weighted by molar-refractivity contribution is 0.138. The first-order valence-corrected chi connectivity index (χ1v) is 7.01. The van der Waals surface area contributed by atoms with E-state index in [2.05, 4.69) is 42.5 Å². The molecule has 0 spiro atoms. The molecule has 1 aromatic heterocycles. The fraction of sp³-hybridized carbons (Fsp3) is 0.438. The SMILES string of the molecule is Cn1cc(CNCc2ccc3c(c2)CC(C)(C)O3)cn1. The Morgan fingerprint density at radius 2 is 2.10 bits per heavy atom. The predicted octanol–water partition coefficient (Wildman–Crippen LogP) is 2.42. The molecule has 1 aromatic carbocycles. The quantitative estimate of drug-likeness (QED) is 0.928. The maximum Gasteiger partial charge on any atom is 0.123 e. The van der Waals surface area contributed by atoms with Gasteiger partial charge in [0.25, 0.3) is 0 Å². The number of hydrogen-bond donors (Lipinski definition) is 1. The first-order valence-electron chi connectivity index (χ1n) is 7.01. The smallest absolute Gasteiger partial charge is 0.123 e. The minimum absolute atomic E-state index is 0.0654. The van der Waals surface area contributed by atoms with Crippen molar-refractivity contribution in [1.82, 2.24) is 15.1 Å². The van der Waals surface area contributed by atoms with Crippen molar-refractivity contribution in [3.8, 4) is 5.75 Å². The number of aryl methyl sites for hydroxylation is 1. The molecule has 4 heteroatoms. The summed E-state index contributed by atoms with van der Waals surface area (Å²) in [6.07, 6.45) is 4.91. The molecule has 0 atom stereocenters. The Bertz CT molecular complexity index is 616. The molecule has 0 saturated heterocycles. The molecule has 0 aliphatic carbocycles. The van der Waals surface area contributed by atoms with E-state index >= 15 is 0 Å². The van der Waals surface area contributed by atoms with Gasteiger partial charge in [0, 0.05) is 38.3 Å². The molecule has 0 fully saturated rings. The van der Waals surface area contributed by atoms with Gasteiger partial charge >= 0.3 is 0 Å². The minimum Gasteiger partial charge on any atom is -0.487 e. The van der Waals surface area contributed by atoms with Crippen molar-refractivity contribution in [2.24, 2.45) is 7.05 Å². The average Bonchev–Trinajstić information content (AvgIpc) is 2.90. The Morgan fingerprint density at radius 1 is 1.30 bits per heavy atom. The minimum atomic E-state index is -0.0654. The molecule has 2 aromatic rings. The van der Waals surface area contributed by atoms with Crippen molar-refractivity contribution >= 4 is 0 Å². The van der Waals surface area contributed by atoms with Gasteiger partial charge in [-0.25, -0.2) is 0 Å². The van der Waals surface area contributed by atoms with Crippen molar-refractivity contribution in [1.29, 1.82) is 0 Å². The van der Waals surface area contributed by atoms with E-state index in [0.29, 0.717) is 0 Å². The van der Waals surface area contributed by atoms with Crippen LogP contribution in [0.15, 0.2) is 30.6 Å². The maximum atomic E-state index is 5.89. The zero-order valence-corrected chi connectivity index (χ0v) is 12.3. The summed E-state index contributed by atoms with van der Waals surface area (Å²) in [5.41, 5.74) is 3.76.